The third-order valence-electron chi connectivity index (χ3n) is 3.09. The maximum Gasteiger partial charge on any atom is 0.129 e. The van der Waals surface area contributed by atoms with Crippen molar-refractivity contribution in [3.63, 3.8) is 0 Å². The van der Waals surface area contributed by atoms with Gasteiger partial charge in [0.05, 0.1) is 13.2 Å². The number of methoxy groups -OCH3 is 1. The summed E-state index contributed by atoms with van der Waals surface area (Å²) in [5, 5.41) is 0.334. The minimum atomic E-state index is -0.599. The SMILES string of the molecule is COc1ccc(C(N)c2c(F)cccc2Cl)cc1C. The predicted octanol–water partition coefficient (Wildman–Crippen LogP) is 3.84. The van der Waals surface area contributed by atoms with Gasteiger partial charge in [0.1, 0.15) is 11.6 Å². The first kappa shape index (κ1) is 13.8. The molecule has 0 saturated carbocycles. The minimum Gasteiger partial charge on any atom is -0.496 e. The monoisotopic (exact) mass is 279 g/mol. The van der Waals surface area contributed by atoms with Crippen LogP contribution in [0.3, 0.4) is 0 Å². The van der Waals surface area contributed by atoms with Crippen molar-refractivity contribution in [2.45, 2.75) is 13.0 Å². The molecule has 0 heterocycles. The van der Waals surface area contributed by atoms with Gasteiger partial charge < -0.3 is 10.5 Å². The molecule has 2 N–H and O–H groups in total. The molecule has 0 spiro atoms. The molecule has 0 aromatic heterocycles. The number of nitrogens with two attached hydrogens (primary N) is 1. The van der Waals surface area contributed by atoms with Crippen LogP contribution in [0.1, 0.15) is 22.7 Å². The first-order valence-electron chi connectivity index (χ1n) is 5.88. The quantitative estimate of drug-likeness (QED) is 0.926. The molecule has 0 aliphatic heterocycles. The largest absolute Gasteiger partial charge is 0.496 e. The lowest BCUT2D eigenvalue weighted by Gasteiger charge is -2.16. The van der Waals surface area contributed by atoms with Crippen molar-refractivity contribution < 1.29 is 9.13 Å². The van der Waals surface area contributed by atoms with E-state index in [1.807, 2.05) is 25.1 Å². The molecule has 100 valence electrons. The number of aryl methyl sites for hydroxylation is 1. The molecule has 2 aromatic carbocycles. The van der Waals surface area contributed by atoms with Crippen molar-refractivity contribution in [2.75, 3.05) is 7.11 Å². The summed E-state index contributed by atoms with van der Waals surface area (Å²) >= 11 is 6.03. The molecule has 19 heavy (non-hydrogen) atoms. The van der Waals surface area contributed by atoms with E-state index in [-0.39, 0.29) is 0 Å². The average Bonchev–Trinajstić information content (AvgIpc) is 2.38. The van der Waals surface area contributed by atoms with Gasteiger partial charge in [0.15, 0.2) is 0 Å². The third-order valence-corrected chi connectivity index (χ3v) is 3.42. The van der Waals surface area contributed by atoms with Crippen molar-refractivity contribution in [1.29, 1.82) is 0 Å². The second kappa shape index (κ2) is 5.59. The Morgan fingerprint density at radius 1 is 1.26 bits per heavy atom. The van der Waals surface area contributed by atoms with E-state index in [2.05, 4.69) is 0 Å². The fraction of sp³-hybridized carbons (Fsp3) is 0.200. The number of ether oxygens (including phenoxy) is 1. The molecule has 1 unspecified atom stereocenters. The number of hydrogen-bond donors (Lipinski definition) is 1. The van der Waals surface area contributed by atoms with E-state index in [4.69, 9.17) is 22.1 Å². The average molecular weight is 280 g/mol. The van der Waals surface area contributed by atoms with Crippen LogP contribution in [0.4, 0.5) is 4.39 Å². The summed E-state index contributed by atoms with van der Waals surface area (Å²) in [5.41, 5.74) is 8.17. The number of hydrogen-bond acceptors (Lipinski definition) is 2. The van der Waals surface area contributed by atoms with Crippen LogP contribution in [-0.2, 0) is 0 Å². The molecule has 0 aliphatic rings. The number of halogens is 2. The molecule has 0 aliphatic carbocycles. The van der Waals surface area contributed by atoms with E-state index in [1.54, 1.807) is 19.2 Å². The van der Waals surface area contributed by atoms with E-state index in [9.17, 15) is 4.39 Å². The molecule has 2 nitrogen and oxygen atoms in total. The van der Waals surface area contributed by atoms with Crippen LogP contribution in [0.2, 0.25) is 5.02 Å². The fourth-order valence-electron chi connectivity index (χ4n) is 2.07. The Balaban J connectivity index is 2.44. The Labute approximate surface area is 117 Å². The van der Waals surface area contributed by atoms with Crippen molar-refractivity contribution in [1.82, 2.24) is 0 Å². The Bertz CT molecular complexity index is 580. The Kier molecular flexibility index (Phi) is 4.08. The summed E-state index contributed by atoms with van der Waals surface area (Å²) in [7, 11) is 1.61. The van der Waals surface area contributed by atoms with Crippen molar-refractivity contribution in [3.05, 3.63) is 63.9 Å². The van der Waals surface area contributed by atoms with Gasteiger partial charge in [-0.2, -0.15) is 0 Å². The van der Waals surface area contributed by atoms with Crippen molar-refractivity contribution >= 4 is 11.6 Å². The van der Waals surface area contributed by atoms with Crippen LogP contribution >= 0.6 is 11.6 Å². The summed E-state index contributed by atoms with van der Waals surface area (Å²) in [6.45, 7) is 1.91. The highest BCUT2D eigenvalue weighted by atomic mass is 35.5. The molecular formula is C15H15ClFNO. The molecule has 2 aromatic rings. The van der Waals surface area contributed by atoms with Gasteiger partial charge in [0.2, 0.25) is 0 Å². The first-order chi connectivity index (χ1) is 9.04. The lowest BCUT2D eigenvalue weighted by atomic mass is 9.97. The molecule has 0 radical (unpaired) electrons. The number of benzene rings is 2. The number of rotatable bonds is 3. The van der Waals surface area contributed by atoms with Gasteiger partial charge in [-0.05, 0) is 36.2 Å². The third kappa shape index (κ3) is 2.72. The highest BCUT2D eigenvalue weighted by molar-refractivity contribution is 6.31. The van der Waals surface area contributed by atoms with Gasteiger partial charge in [-0.3, -0.25) is 0 Å². The van der Waals surface area contributed by atoms with E-state index >= 15 is 0 Å². The molecule has 0 amide bonds. The second-order valence-electron chi connectivity index (χ2n) is 4.34. The molecule has 2 rings (SSSR count). The van der Waals surface area contributed by atoms with Gasteiger partial charge in [0, 0.05) is 10.6 Å². The van der Waals surface area contributed by atoms with E-state index in [0.29, 0.717) is 10.6 Å². The molecule has 0 fully saturated rings. The van der Waals surface area contributed by atoms with Crippen LogP contribution in [0.15, 0.2) is 36.4 Å². The van der Waals surface area contributed by atoms with Crippen LogP contribution in [0, 0.1) is 12.7 Å². The predicted molar refractivity (Wildman–Crippen MR) is 75.2 cm³/mol. The van der Waals surface area contributed by atoms with Crippen LogP contribution < -0.4 is 10.5 Å². The van der Waals surface area contributed by atoms with Gasteiger partial charge in [-0.1, -0.05) is 29.8 Å². The summed E-state index contributed by atoms with van der Waals surface area (Å²) in [5.74, 6) is 0.379. The Hall–Kier alpha value is -1.58. The zero-order valence-electron chi connectivity index (χ0n) is 10.8. The first-order valence-corrected chi connectivity index (χ1v) is 6.26. The molecule has 1 atom stereocenters. The van der Waals surface area contributed by atoms with Crippen molar-refractivity contribution in [3.8, 4) is 5.75 Å². The summed E-state index contributed by atoms with van der Waals surface area (Å²) in [6, 6.07) is 9.48. The molecular weight excluding hydrogens is 265 g/mol. The minimum absolute atomic E-state index is 0.314. The van der Waals surface area contributed by atoms with Crippen LogP contribution in [0.25, 0.3) is 0 Å². The normalized spacial score (nSPS) is 12.3. The van der Waals surface area contributed by atoms with E-state index in [0.717, 1.165) is 16.9 Å². The highest BCUT2D eigenvalue weighted by Crippen LogP contribution is 2.30. The molecule has 0 saturated heterocycles. The lowest BCUT2D eigenvalue weighted by molar-refractivity contribution is 0.411. The van der Waals surface area contributed by atoms with E-state index in [1.165, 1.54) is 6.07 Å². The van der Waals surface area contributed by atoms with Gasteiger partial charge in [-0.25, -0.2) is 4.39 Å². The molecule has 0 bridgehead atoms. The maximum absolute atomic E-state index is 13.8. The van der Waals surface area contributed by atoms with E-state index < -0.39 is 11.9 Å². The van der Waals surface area contributed by atoms with Gasteiger partial charge in [-0.15, -0.1) is 0 Å². The topological polar surface area (TPSA) is 35.2 Å². The summed E-state index contributed by atoms with van der Waals surface area (Å²) < 4.78 is 19.0. The standard InChI is InChI=1S/C15H15ClFNO/c1-9-8-10(6-7-13(9)19-2)15(18)14-11(16)4-3-5-12(14)17/h3-8,15H,18H2,1-2H3. The fourth-order valence-corrected chi connectivity index (χ4v) is 2.35. The molecule has 4 heteroatoms. The van der Waals surface area contributed by atoms with Gasteiger partial charge >= 0.3 is 0 Å². The zero-order chi connectivity index (χ0) is 14.0. The van der Waals surface area contributed by atoms with Crippen LogP contribution in [0.5, 0.6) is 5.75 Å². The summed E-state index contributed by atoms with van der Waals surface area (Å²) in [4.78, 5) is 0. The lowest BCUT2D eigenvalue weighted by Crippen LogP contribution is -2.14. The van der Waals surface area contributed by atoms with Gasteiger partial charge in [0.25, 0.3) is 0 Å². The van der Waals surface area contributed by atoms with Crippen LogP contribution in [-0.4, -0.2) is 7.11 Å². The smallest absolute Gasteiger partial charge is 0.129 e. The Morgan fingerprint density at radius 2 is 2.00 bits per heavy atom. The summed E-state index contributed by atoms with van der Waals surface area (Å²) in [6.07, 6.45) is 0. The maximum atomic E-state index is 13.8. The zero-order valence-corrected chi connectivity index (χ0v) is 11.5. The Morgan fingerprint density at radius 3 is 2.58 bits per heavy atom. The highest BCUT2D eigenvalue weighted by Gasteiger charge is 2.17. The van der Waals surface area contributed by atoms with Crippen molar-refractivity contribution in [2.24, 2.45) is 5.73 Å². The second-order valence-corrected chi connectivity index (χ2v) is 4.75.